The van der Waals surface area contributed by atoms with E-state index in [-0.39, 0.29) is 13.2 Å². The molecule has 84 valence electrons. The Hall–Kier alpha value is -0.150. The molecule has 0 heterocycles. The van der Waals surface area contributed by atoms with Gasteiger partial charge in [-0.25, -0.2) is 0 Å². The van der Waals surface area contributed by atoms with Gasteiger partial charge < -0.3 is 14.2 Å². The van der Waals surface area contributed by atoms with Crippen molar-refractivity contribution in [3.8, 4) is 0 Å². The molecule has 0 fully saturated rings. The Balaban J connectivity index is 4.75. The van der Waals surface area contributed by atoms with E-state index in [0.717, 1.165) is 0 Å². The summed E-state index contributed by atoms with van der Waals surface area (Å²) in [4.78, 5) is 0. The molecular formula is C9H19O4P. The summed E-state index contributed by atoms with van der Waals surface area (Å²) in [6.45, 7) is 9.09. The molecule has 0 rings (SSSR count). The molecule has 0 unspecified atom stereocenters. The standard InChI is InChI=1S/C9H19O4P/c1-5-9(8(4)10)14(11,12-6-2)13-7-3/h5,8-10H,1,6-7H2,2-4H3/t8-,9+/m0/s1. The molecule has 0 spiro atoms. The Morgan fingerprint density at radius 1 is 1.43 bits per heavy atom. The van der Waals surface area contributed by atoms with Gasteiger partial charge in [0, 0.05) is 0 Å². The zero-order valence-electron chi connectivity index (χ0n) is 8.97. The summed E-state index contributed by atoms with van der Waals surface area (Å²) in [6, 6.07) is 0. The minimum atomic E-state index is -3.25. The fourth-order valence-corrected chi connectivity index (χ4v) is 3.08. The number of aliphatic hydroxyl groups is 1. The predicted octanol–water partition coefficient (Wildman–Crippen LogP) is 2.19. The van der Waals surface area contributed by atoms with Gasteiger partial charge in [0.05, 0.1) is 19.3 Å². The second-order valence-electron chi connectivity index (χ2n) is 2.84. The molecule has 14 heavy (non-hydrogen) atoms. The molecule has 0 saturated heterocycles. The van der Waals surface area contributed by atoms with Crippen LogP contribution in [0.15, 0.2) is 12.7 Å². The van der Waals surface area contributed by atoms with E-state index in [1.807, 2.05) is 0 Å². The Kier molecular flexibility index (Phi) is 6.29. The molecule has 0 aromatic carbocycles. The molecule has 5 heteroatoms. The Labute approximate surface area is 85.5 Å². The van der Waals surface area contributed by atoms with Crippen molar-refractivity contribution in [3.63, 3.8) is 0 Å². The summed E-state index contributed by atoms with van der Waals surface area (Å²) in [5.74, 6) is 0. The average Bonchev–Trinajstić information content (AvgIpc) is 2.04. The molecular weight excluding hydrogens is 203 g/mol. The van der Waals surface area contributed by atoms with Gasteiger partial charge in [0.2, 0.25) is 0 Å². The Morgan fingerprint density at radius 2 is 1.86 bits per heavy atom. The average molecular weight is 222 g/mol. The third kappa shape index (κ3) is 3.54. The molecule has 0 aliphatic rings. The third-order valence-electron chi connectivity index (χ3n) is 1.72. The van der Waals surface area contributed by atoms with E-state index in [9.17, 15) is 9.67 Å². The fourth-order valence-electron chi connectivity index (χ4n) is 1.16. The molecule has 0 bridgehead atoms. The van der Waals surface area contributed by atoms with Crippen LogP contribution in [-0.2, 0) is 13.6 Å². The highest BCUT2D eigenvalue weighted by Gasteiger charge is 2.36. The van der Waals surface area contributed by atoms with Crippen LogP contribution in [0.4, 0.5) is 0 Å². The van der Waals surface area contributed by atoms with Crippen LogP contribution in [0.2, 0.25) is 0 Å². The van der Waals surface area contributed by atoms with Crippen molar-refractivity contribution in [2.24, 2.45) is 0 Å². The minimum Gasteiger partial charge on any atom is -0.392 e. The first-order chi connectivity index (χ1) is 6.51. The Bertz CT molecular complexity index is 205. The van der Waals surface area contributed by atoms with E-state index in [2.05, 4.69) is 6.58 Å². The summed E-state index contributed by atoms with van der Waals surface area (Å²) in [5.41, 5.74) is -0.664. The molecule has 0 aromatic rings. The van der Waals surface area contributed by atoms with Crippen LogP contribution in [0.3, 0.4) is 0 Å². The number of rotatable bonds is 7. The van der Waals surface area contributed by atoms with Crippen LogP contribution < -0.4 is 0 Å². The predicted molar refractivity (Wildman–Crippen MR) is 56.5 cm³/mol. The van der Waals surface area contributed by atoms with Gasteiger partial charge in [-0.1, -0.05) is 6.08 Å². The number of hydrogen-bond acceptors (Lipinski definition) is 4. The normalized spacial score (nSPS) is 16.3. The largest absolute Gasteiger partial charge is 0.392 e. The van der Waals surface area contributed by atoms with Crippen LogP contribution in [0.1, 0.15) is 20.8 Å². The summed E-state index contributed by atoms with van der Waals surface area (Å²) < 4.78 is 22.3. The fraction of sp³-hybridized carbons (Fsp3) is 0.778. The molecule has 0 aromatic heterocycles. The smallest absolute Gasteiger partial charge is 0.340 e. The molecule has 1 N–H and O–H groups in total. The first-order valence-electron chi connectivity index (χ1n) is 4.71. The van der Waals surface area contributed by atoms with E-state index in [1.165, 1.54) is 13.0 Å². The van der Waals surface area contributed by atoms with Crippen molar-refractivity contribution in [2.45, 2.75) is 32.5 Å². The van der Waals surface area contributed by atoms with Crippen molar-refractivity contribution in [1.82, 2.24) is 0 Å². The van der Waals surface area contributed by atoms with Crippen molar-refractivity contribution in [2.75, 3.05) is 13.2 Å². The first kappa shape index (κ1) is 13.8. The SMILES string of the molecule is C=C[C@H]([C@H](C)O)P(=O)(OCC)OCC. The van der Waals surface area contributed by atoms with Crippen molar-refractivity contribution >= 4 is 7.60 Å². The molecule has 0 saturated carbocycles. The molecule has 0 aliphatic heterocycles. The summed E-state index contributed by atoms with van der Waals surface area (Å²) >= 11 is 0. The van der Waals surface area contributed by atoms with Gasteiger partial charge in [-0.15, -0.1) is 6.58 Å². The van der Waals surface area contributed by atoms with Gasteiger partial charge in [-0.05, 0) is 20.8 Å². The molecule has 0 radical (unpaired) electrons. The van der Waals surface area contributed by atoms with Gasteiger partial charge >= 0.3 is 7.60 Å². The molecule has 0 amide bonds. The zero-order valence-corrected chi connectivity index (χ0v) is 9.87. The molecule has 2 atom stereocenters. The molecule has 4 nitrogen and oxygen atoms in total. The van der Waals surface area contributed by atoms with E-state index in [4.69, 9.17) is 9.05 Å². The number of aliphatic hydroxyl groups excluding tert-OH is 1. The van der Waals surface area contributed by atoms with Gasteiger partial charge in [0.1, 0.15) is 5.66 Å². The number of hydrogen-bond donors (Lipinski definition) is 1. The Morgan fingerprint density at radius 3 is 2.07 bits per heavy atom. The maximum atomic E-state index is 12.1. The summed E-state index contributed by atoms with van der Waals surface area (Å²) in [5, 5.41) is 9.40. The highest BCUT2D eigenvalue weighted by atomic mass is 31.2. The van der Waals surface area contributed by atoms with Gasteiger partial charge in [0.15, 0.2) is 0 Å². The quantitative estimate of drug-likeness (QED) is 0.530. The van der Waals surface area contributed by atoms with Gasteiger partial charge in [-0.2, -0.15) is 0 Å². The second kappa shape index (κ2) is 6.36. The monoisotopic (exact) mass is 222 g/mol. The minimum absolute atomic E-state index is 0.286. The highest BCUT2D eigenvalue weighted by molar-refractivity contribution is 7.55. The lowest BCUT2D eigenvalue weighted by Crippen LogP contribution is -2.23. The van der Waals surface area contributed by atoms with Crippen LogP contribution in [0.25, 0.3) is 0 Å². The van der Waals surface area contributed by atoms with Crippen LogP contribution in [0.5, 0.6) is 0 Å². The van der Waals surface area contributed by atoms with Gasteiger partial charge in [-0.3, -0.25) is 4.57 Å². The van der Waals surface area contributed by atoms with Crippen molar-refractivity contribution in [1.29, 1.82) is 0 Å². The second-order valence-corrected chi connectivity index (χ2v) is 5.03. The van der Waals surface area contributed by atoms with Crippen LogP contribution >= 0.6 is 7.60 Å². The van der Waals surface area contributed by atoms with Crippen LogP contribution in [-0.4, -0.2) is 30.1 Å². The highest BCUT2D eigenvalue weighted by Crippen LogP contribution is 2.54. The molecule has 0 aliphatic carbocycles. The lowest BCUT2D eigenvalue weighted by molar-refractivity contribution is 0.163. The third-order valence-corrected chi connectivity index (χ3v) is 4.33. The van der Waals surface area contributed by atoms with Gasteiger partial charge in [0.25, 0.3) is 0 Å². The summed E-state index contributed by atoms with van der Waals surface area (Å²) in [7, 11) is -3.25. The maximum absolute atomic E-state index is 12.1. The summed E-state index contributed by atoms with van der Waals surface area (Å²) in [6.07, 6.45) is 0.618. The van der Waals surface area contributed by atoms with E-state index in [1.54, 1.807) is 13.8 Å². The van der Waals surface area contributed by atoms with Crippen molar-refractivity contribution < 1.29 is 18.7 Å². The van der Waals surface area contributed by atoms with Crippen molar-refractivity contribution in [3.05, 3.63) is 12.7 Å². The maximum Gasteiger partial charge on any atom is 0.340 e. The lowest BCUT2D eigenvalue weighted by atomic mass is 10.3. The first-order valence-corrected chi connectivity index (χ1v) is 6.32. The van der Waals surface area contributed by atoms with Crippen LogP contribution in [0, 0.1) is 0 Å². The van der Waals surface area contributed by atoms with E-state index < -0.39 is 19.4 Å². The topological polar surface area (TPSA) is 55.8 Å². The zero-order chi connectivity index (χ0) is 11.2. The lowest BCUT2D eigenvalue weighted by Gasteiger charge is -2.25. The van der Waals surface area contributed by atoms with E-state index >= 15 is 0 Å². The van der Waals surface area contributed by atoms with E-state index in [0.29, 0.717) is 0 Å².